The van der Waals surface area contributed by atoms with Gasteiger partial charge in [0.15, 0.2) is 0 Å². The van der Waals surface area contributed by atoms with Crippen molar-refractivity contribution in [3.8, 4) is 22.3 Å². The van der Waals surface area contributed by atoms with Crippen molar-refractivity contribution in [1.82, 2.24) is 4.57 Å². The lowest BCUT2D eigenvalue weighted by molar-refractivity contribution is 0.660. The Bertz CT molecular complexity index is 3810. The summed E-state index contributed by atoms with van der Waals surface area (Å²) in [4.78, 5) is 4.80. The maximum Gasteiger partial charge on any atom is 0.0544 e. The Labute approximate surface area is 397 Å². The minimum atomic E-state index is -0.132. The maximum absolute atomic E-state index is 2.49. The molecule has 0 N–H and O–H groups in total. The average molecular weight is 872 g/mol. The van der Waals surface area contributed by atoms with Gasteiger partial charge in [0, 0.05) is 55.7 Å². The minimum Gasteiger partial charge on any atom is -0.313 e. The normalized spacial score (nSPS) is 13.8. The molecule has 68 heavy (non-hydrogen) atoms. The molecule has 0 bridgehead atoms. The third-order valence-electron chi connectivity index (χ3n) is 14.6. The highest BCUT2D eigenvalue weighted by molar-refractivity contribution is 6.22. The van der Waals surface area contributed by atoms with Crippen LogP contribution in [0.5, 0.6) is 0 Å². The van der Waals surface area contributed by atoms with Gasteiger partial charge in [-0.1, -0.05) is 159 Å². The summed E-state index contributed by atoms with van der Waals surface area (Å²) in [5.41, 5.74) is 18.2. The van der Waals surface area contributed by atoms with E-state index < -0.39 is 0 Å². The SMILES string of the molecule is CC1(C)c2ccccc2-c2ccc(N(c3ccc(-c4ccc5c(c4)c4c6ccccc6ccc4n5C4=CC=CCC4)cc3)c3ccc(N(c4ccccc4)c4cccc5ccccc45)cc3)cc21. The van der Waals surface area contributed by atoms with Gasteiger partial charge in [0.1, 0.15) is 0 Å². The van der Waals surface area contributed by atoms with Gasteiger partial charge in [0.2, 0.25) is 0 Å². The molecule has 0 saturated heterocycles. The maximum atomic E-state index is 2.49. The smallest absolute Gasteiger partial charge is 0.0544 e. The molecule has 13 rings (SSSR count). The fraction of sp³-hybridized carbons (Fsp3) is 0.0769. The van der Waals surface area contributed by atoms with Crippen LogP contribution in [0.3, 0.4) is 0 Å². The minimum absolute atomic E-state index is 0.132. The molecule has 0 fully saturated rings. The van der Waals surface area contributed by atoms with E-state index in [1.165, 1.54) is 82.4 Å². The molecule has 3 heteroatoms. The second-order valence-corrected chi connectivity index (χ2v) is 18.8. The molecule has 1 heterocycles. The van der Waals surface area contributed by atoms with E-state index in [2.05, 4.69) is 265 Å². The van der Waals surface area contributed by atoms with Crippen LogP contribution >= 0.6 is 0 Å². The van der Waals surface area contributed by atoms with Gasteiger partial charge in [-0.3, -0.25) is 0 Å². The fourth-order valence-corrected chi connectivity index (χ4v) is 11.3. The second-order valence-electron chi connectivity index (χ2n) is 18.8. The average Bonchev–Trinajstić information content (AvgIpc) is 3.85. The fourth-order valence-electron chi connectivity index (χ4n) is 11.3. The molecular formula is C65H49N3. The van der Waals surface area contributed by atoms with Gasteiger partial charge in [-0.15, -0.1) is 0 Å². The number of para-hydroxylation sites is 1. The summed E-state index contributed by atoms with van der Waals surface area (Å²) < 4.78 is 2.49. The molecule has 2 aliphatic rings. The number of aromatic nitrogens is 1. The van der Waals surface area contributed by atoms with Crippen LogP contribution in [-0.2, 0) is 5.41 Å². The van der Waals surface area contributed by atoms with Crippen LogP contribution in [0.15, 0.2) is 237 Å². The van der Waals surface area contributed by atoms with Gasteiger partial charge in [-0.25, -0.2) is 0 Å². The van der Waals surface area contributed by atoms with Gasteiger partial charge in [-0.2, -0.15) is 0 Å². The standard InChI is InChI=1S/C65H49N3/c1-65(2)59-26-14-13-25-56(59)57-39-38-53(43-60(57)65)66(51-34-36-52(37-35-51)67(48-19-5-3-6-20-48)61-27-15-18-45-16-9-11-23-54(45)61)50-32-28-44(29-33-50)47-31-40-62-58(42-47)64-55-24-12-10-17-46(55)30-41-63(64)68(62)49-21-7-4-8-22-49/h3-7,9-21,23-43H,8,22H2,1-2H3. The van der Waals surface area contributed by atoms with Crippen molar-refractivity contribution >= 4 is 83.2 Å². The summed E-state index contributed by atoms with van der Waals surface area (Å²) in [5, 5.41) is 7.58. The Balaban J connectivity index is 0.936. The van der Waals surface area contributed by atoms with Gasteiger partial charge in [0.05, 0.1) is 16.7 Å². The zero-order valence-electron chi connectivity index (χ0n) is 38.3. The van der Waals surface area contributed by atoms with E-state index >= 15 is 0 Å². The van der Waals surface area contributed by atoms with Crippen LogP contribution in [0.4, 0.5) is 34.1 Å². The largest absolute Gasteiger partial charge is 0.313 e. The highest BCUT2D eigenvalue weighted by Gasteiger charge is 2.36. The zero-order chi connectivity index (χ0) is 45.3. The number of fused-ring (bicyclic) bond motifs is 9. The Kier molecular flexibility index (Phi) is 9.33. The lowest BCUT2D eigenvalue weighted by Gasteiger charge is -2.30. The zero-order valence-corrected chi connectivity index (χ0v) is 38.3. The van der Waals surface area contributed by atoms with Crippen molar-refractivity contribution in [3.63, 3.8) is 0 Å². The molecule has 2 aliphatic carbocycles. The van der Waals surface area contributed by atoms with Crippen molar-refractivity contribution in [2.75, 3.05) is 9.80 Å². The topological polar surface area (TPSA) is 11.4 Å². The predicted octanol–water partition coefficient (Wildman–Crippen LogP) is 18.2. The van der Waals surface area contributed by atoms with Crippen LogP contribution in [0.1, 0.15) is 37.8 Å². The number of hydrogen-bond donors (Lipinski definition) is 0. The molecule has 1 aromatic heterocycles. The lowest BCUT2D eigenvalue weighted by atomic mass is 9.82. The third-order valence-corrected chi connectivity index (χ3v) is 14.6. The highest BCUT2D eigenvalue weighted by Crippen LogP contribution is 2.51. The molecule has 10 aromatic carbocycles. The van der Waals surface area contributed by atoms with E-state index in [9.17, 15) is 0 Å². The summed E-state index contributed by atoms with van der Waals surface area (Å²) >= 11 is 0. The van der Waals surface area contributed by atoms with Crippen molar-refractivity contribution < 1.29 is 0 Å². The molecule has 0 spiro atoms. The number of hydrogen-bond acceptors (Lipinski definition) is 2. The van der Waals surface area contributed by atoms with Crippen molar-refractivity contribution in [2.45, 2.75) is 32.1 Å². The van der Waals surface area contributed by atoms with Gasteiger partial charge >= 0.3 is 0 Å². The van der Waals surface area contributed by atoms with Crippen molar-refractivity contribution in [1.29, 1.82) is 0 Å². The number of anilines is 6. The van der Waals surface area contributed by atoms with E-state index in [-0.39, 0.29) is 5.41 Å². The van der Waals surface area contributed by atoms with Gasteiger partial charge in [0.25, 0.3) is 0 Å². The molecule has 0 radical (unpaired) electrons. The molecule has 0 amide bonds. The molecule has 324 valence electrons. The van der Waals surface area contributed by atoms with E-state index in [0.29, 0.717) is 0 Å². The number of nitrogens with zero attached hydrogens (tertiary/aromatic N) is 3. The summed E-state index contributed by atoms with van der Waals surface area (Å²) in [5.74, 6) is 0. The lowest BCUT2D eigenvalue weighted by Crippen LogP contribution is -2.16. The van der Waals surface area contributed by atoms with Crippen LogP contribution in [0.2, 0.25) is 0 Å². The van der Waals surface area contributed by atoms with Gasteiger partial charge < -0.3 is 14.4 Å². The molecular weight excluding hydrogens is 823 g/mol. The van der Waals surface area contributed by atoms with E-state index in [1.807, 2.05) is 0 Å². The Hall–Kier alpha value is -8.40. The predicted molar refractivity (Wildman–Crippen MR) is 289 cm³/mol. The summed E-state index contributed by atoms with van der Waals surface area (Å²) in [6.45, 7) is 4.72. The molecule has 0 unspecified atom stereocenters. The first-order chi connectivity index (χ1) is 33.5. The number of rotatable bonds is 8. The first-order valence-corrected chi connectivity index (χ1v) is 23.9. The van der Waals surface area contributed by atoms with Gasteiger partial charge in [-0.05, 0) is 153 Å². The summed E-state index contributed by atoms with van der Waals surface area (Å²) in [7, 11) is 0. The van der Waals surface area contributed by atoms with Crippen LogP contribution in [0.25, 0.3) is 71.3 Å². The summed E-state index contributed by atoms with van der Waals surface area (Å²) in [6.07, 6.45) is 8.84. The van der Waals surface area contributed by atoms with E-state index in [1.54, 1.807) is 0 Å². The molecule has 0 saturated carbocycles. The Morgan fingerprint density at radius 2 is 1.03 bits per heavy atom. The molecule has 3 nitrogen and oxygen atoms in total. The number of allylic oxidation sites excluding steroid dienone is 4. The van der Waals surface area contributed by atoms with Crippen molar-refractivity contribution in [3.05, 3.63) is 248 Å². The third kappa shape index (κ3) is 6.42. The van der Waals surface area contributed by atoms with Crippen LogP contribution in [-0.4, -0.2) is 4.57 Å². The first kappa shape index (κ1) is 39.9. The summed E-state index contributed by atoms with van der Waals surface area (Å²) in [6, 6.07) is 80.7. The first-order valence-electron chi connectivity index (χ1n) is 23.9. The van der Waals surface area contributed by atoms with Crippen molar-refractivity contribution in [2.24, 2.45) is 0 Å². The molecule has 11 aromatic rings. The number of benzene rings is 10. The Morgan fingerprint density at radius 3 is 1.81 bits per heavy atom. The monoisotopic (exact) mass is 871 g/mol. The Morgan fingerprint density at radius 1 is 0.426 bits per heavy atom. The highest BCUT2D eigenvalue weighted by atomic mass is 15.2. The van der Waals surface area contributed by atoms with E-state index in [0.717, 1.165) is 47.0 Å². The molecule has 0 aliphatic heterocycles. The molecule has 0 atom stereocenters. The van der Waals surface area contributed by atoms with Crippen LogP contribution < -0.4 is 9.80 Å². The second kappa shape index (κ2) is 15.9. The van der Waals surface area contributed by atoms with E-state index in [4.69, 9.17) is 0 Å². The van der Waals surface area contributed by atoms with Crippen LogP contribution in [0, 0.1) is 0 Å². The quantitative estimate of drug-likeness (QED) is 0.151.